The summed E-state index contributed by atoms with van der Waals surface area (Å²) in [7, 11) is -0.816. The van der Waals surface area contributed by atoms with Gasteiger partial charge in [0.15, 0.2) is 0 Å². The summed E-state index contributed by atoms with van der Waals surface area (Å²) < 4.78 is 12.0. The predicted molar refractivity (Wildman–Crippen MR) is 84.1 cm³/mol. The third kappa shape index (κ3) is 2.17. The van der Waals surface area contributed by atoms with E-state index < -0.39 is 23.2 Å². The molecule has 0 N–H and O–H groups in total. The molecule has 0 atom stereocenters. The lowest BCUT2D eigenvalue weighted by Gasteiger charge is -2.32. The van der Waals surface area contributed by atoms with E-state index in [-0.39, 0.29) is 5.82 Å². The summed E-state index contributed by atoms with van der Waals surface area (Å²) in [6.07, 6.45) is 1.50. The Morgan fingerprint density at radius 2 is 1.73 bits per heavy atom. The van der Waals surface area contributed by atoms with E-state index in [1.807, 2.05) is 52.0 Å². The summed E-state index contributed by atoms with van der Waals surface area (Å²) >= 11 is 0. The fraction of sp³-hybridized carbons (Fsp3) is 0.400. The van der Waals surface area contributed by atoms with Gasteiger partial charge in [0.1, 0.15) is 6.20 Å². The maximum atomic E-state index is 11.4. The fourth-order valence-corrected chi connectivity index (χ4v) is 2.51. The minimum atomic E-state index is -0.816. The van der Waals surface area contributed by atoms with Gasteiger partial charge < -0.3 is 19.4 Å². The molecular formula is C15H17BN2O4. The van der Waals surface area contributed by atoms with Crippen LogP contribution in [0, 0.1) is 10.1 Å². The van der Waals surface area contributed by atoms with Gasteiger partial charge in [-0.3, -0.25) is 0 Å². The second-order valence-electron chi connectivity index (χ2n) is 6.43. The second-order valence-corrected chi connectivity index (χ2v) is 6.43. The van der Waals surface area contributed by atoms with Gasteiger partial charge in [-0.15, -0.1) is 0 Å². The normalized spacial score (nSPS) is 19.5. The zero-order valence-electron chi connectivity index (χ0n) is 13.0. The quantitative estimate of drug-likeness (QED) is 0.484. The highest BCUT2D eigenvalue weighted by Gasteiger charge is 2.54. The van der Waals surface area contributed by atoms with E-state index >= 15 is 0 Å². The maximum absolute atomic E-state index is 11.4. The summed E-state index contributed by atoms with van der Waals surface area (Å²) in [5.41, 5.74) is -0.757. The maximum Gasteiger partial charge on any atom is 0.504 e. The lowest BCUT2D eigenvalue weighted by Crippen LogP contribution is -2.41. The lowest BCUT2D eigenvalue weighted by molar-refractivity contribution is -0.388. The number of hydrogen-bond acceptors (Lipinski definition) is 5. The molecule has 0 amide bonds. The van der Waals surface area contributed by atoms with Gasteiger partial charge >= 0.3 is 12.9 Å². The molecule has 0 radical (unpaired) electrons. The molecule has 0 bridgehead atoms. The summed E-state index contributed by atoms with van der Waals surface area (Å²) in [6.45, 7) is 7.66. The van der Waals surface area contributed by atoms with Crippen molar-refractivity contribution in [2.45, 2.75) is 38.9 Å². The molecule has 0 saturated carbocycles. The number of hydrogen-bond donors (Lipinski definition) is 0. The monoisotopic (exact) mass is 300 g/mol. The van der Waals surface area contributed by atoms with Gasteiger partial charge in [0.25, 0.3) is 0 Å². The third-order valence-corrected chi connectivity index (χ3v) is 4.48. The molecule has 2 aromatic rings. The standard InChI is InChI=1S/C15H17BN2O4/c1-14(2)15(3,4)22-16(21-14)12-11-8-6-5-7-10(11)9-17-13(12)18(19)20/h5-9H,1-4H3. The van der Waals surface area contributed by atoms with E-state index in [2.05, 4.69) is 4.98 Å². The molecule has 1 aliphatic rings. The molecule has 1 aromatic heterocycles. The highest BCUT2D eigenvalue weighted by Crippen LogP contribution is 2.37. The van der Waals surface area contributed by atoms with Crippen LogP contribution in [0.1, 0.15) is 27.7 Å². The molecule has 0 unspecified atom stereocenters. The Labute approximate surface area is 128 Å². The van der Waals surface area contributed by atoms with Gasteiger partial charge in [0.05, 0.1) is 16.7 Å². The average molecular weight is 300 g/mol. The Balaban J connectivity index is 2.22. The summed E-state index contributed by atoms with van der Waals surface area (Å²) in [6, 6.07) is 7.38. The molecule has 0 aliphatic carbocycles. The van der Waals surface area contributed by atoms with Crippen LogP contribution in [0.3, 0.4) is 0 Å². The SMILES string of the molecule is CC1(C)OB(c2c([N+](=O)[O-])ncc3ccccc23)OC1(C)C. The Morgan fingerprint density at radius 3 is 2.32 bits per heavy atom. The van der Waals surface area contributed by atoms with Gasteiger partial charge in [-0.1, -0.05) is 24.3 Å². The summed E-state index contributed by atoms with van der Waals surface area (Å²) in [5, 5.41) is 12.9. The molecule has 1 aromatic carbocycles. The molecule has 1 saturated heterocycles. The van der Waals surface area contributed by atoms with Crippen molar-refractivity contribution in [3.63, 3.8) is 0 Å². The predicted octanol–water partition coefficient (Wildman–Crippen LogP) is 2.44. The number of pyridine rings is 1. The zero-order valence-corrected chi connectivity index (χ0v) is 13.0. The first-order chi connectivity index (χ1) is 10.2. The number of nitro groups is 1. The van der Waals surface area contributed by atoms with Crippen molar-refractivity contribution in [2.75, 3.05) is 0 Å². The van der Waals surface area contributed by atoms with Crippen LogP contribution in [0.5, 0.6) is 0 Å². The van der Waals surface area contributed by atoms with Crippen molar-refractivity contribution in [3.05, 3.63) is 40.6 Å². The Hall–Kier alpha value is -1.99. The molecule has 2 heterocycles. The smallest absolute Gasteiger partial charge is 0.399 e. The second kappa shape index (κ2) is 4.76. The van der Waals surface area contributed by atoms with Crippen molar-refractivity contribution >= 4 is 29.2 Å². The number of aromatic nitrogens is 1. The van der Waals surface area contributed by atoms with E-state index in [4.69, 9.17) is 9.31 Å². The van der Waals surface area contributed by atoms with Crippen LogP contribution in [-0.2, 0) is 9.31 Å². The highest BCUT2D eigenvalue weighted by atomic mass is 16.7. The van der Waals surface area contributed by atoms with Crippen molar-refractivity contribution in [1.29, 1.82) is 0 Å². The average Bonchev–Trinajstić information content (AvgIpc) is 2.65. The van der Waals surface area contributed by atoms with Gasteiger partial charge in [-0.2, -0.15) is 0 Å². The molecular weight excluding hydrogens is 283 g/mol. The van der Waals surface area contributed by atoms with Gasteiger partial charge in [-0.05, 0) is 43.0 Å². The van der Waals surface area contributed by atoms with Crippen LogP contribution >= 0.6 is 0 Å². The topological polar surface area (TPSA) is 74.5 Å². The fourth-order valence-electron chi connectivity index (χ4n) is 2.51. The minimum absolute atomic E-state index is 0.225. The molecule has 22 heavy (non-hydrogen) atoms. The van der Waals surface area contributed by atoms with Crippen LogP contribution in [0.4, 0.5) is 5.82 Å². The van der Waals surface area contributed by atoms with E-state index in [1.165, 1.54) is 6.20 Å². The minimum Gasteiger partial charge on any atom is -0.399 e. The van der Waals surface area contributed by atoms with Crippen molar-refractivity contribution in [2.24, 2.45) is 0 Å². The Kier molecular flexibility index (Phi) is 3.23. The van der Waals surface area contributed by atoms with Crippen molar-refractivity contribution < 1.29 is 14.2 Å². The van der Waals surface area contributed by atoms with E-state index in [0.717, 1.165) is 10.8 Å². The molecule has 3 rings (SSSR count). The van der Waals surface area contributed by atoms with Crippen molar-refractivity contribution in [1.82, 2.24) is 4.98 Å². The van der Waals surface area contributed by atoms with Gasteiger partial charge in [0, 0.05) is 5.39 Å². The van der Waals surface area contributed by atoms with Crippen LogP contribution in [0.25, 0.3) is 10.8 Å². The van der Waals surface area contributed by atoms with Gasteiger partial charge in [0.2, 0.25) is 0 Å². The van der Waals surface area contributed by atoms with E-state index in [0.29, 0.717) is 5.46 Å². The number of benzene rings is 1. The Morgan fingerprint density at radius 1 is 1.14 bits per heavy atom. The van der Waals surface area contributed by atoms with E-state index in [9.17, 15) is 10.1 Å². The molecule has 0 spiro atoms. The summed E-state index contributed by atoms with van der Waals surface area (Å²) in [5.74, 6) is -0.225. The molecule has 7 heteroatoms. The zero-order chi connectivity index (χ0) is 16.1. The highest BCUT2D eigenvalue weighted by molar-refractivity contribution is 6.66. The summed E-state index contributed by atoms with van der Waals surface area (Å²) in [4.78, 5) is 14.9. The van der Waals surface area contributed by atoms with Gasteiger partial charge in [-0.25, -0.2) is 0 Å². The first-order valence-electron chi connectivity index (χ1n) is 7.10. The van der Waals surface area contributed by atoms with Crippen LogP contribution in [0.15, 0.2) is 30.5 Å². The number of rotatable bonds is 2. The van der Waals surface area contributed by atoms with Crippen molar-refractivity contribution in [3.8, 4) is 0 Å². The van der Waals surface area contributed by atoms with Crippen LogP contribution in [0.2, 0.25) is 0 Å². The van der Waals surface area contributed by atoms with E-state index in [1.54, 1.807) is 0 Å². The van der Waals surface area contributed by atoms with Crippen LogP contribution < -0.4 is 5.46 Å². The molecule has 1 aliphatic heterocycles. The lowest BCUT2D eigenvalue weighted by atomic mass is 9.76. The molecule has 1 fully saturated rings. The largest absolute Gasteiger partial charge is 0.504 e. The number of nitrogens with zero attached hydrogens (tertiary/aromatic N) is 2. The Bertz CT molecular complexity index is 744. The molecule has 6 nitrogen and oxygen atoms in total. The molecule has 114 valence electrons. The first kappa shape index (κ1) is 14.9. The number of fused-ring (bicyclic) bond motifs is 1. The van der Waals surface area contributed by atoms with Crippen LogP contribution in [-0.4, -0.2) is 28.2 Å². The first-order valence-corrected chi connectivity index (χ1v) is 7.10. The third-order valence-electron chi connectivity index (χ3n) is 4.48.